The van der Waals surface area contributed by atoms with Gasteiger partial charge >= 0.3 is 0 Å². The Bertz CT molecular complexity index is 1060. The van der Waals surface area contributed by atoms with E-state index in [9.17, 15) is 14.9 Å². The van der Waals surface area contributed by atoms with Gasteiger partial charge in [0, 0.05) is 11.1 Å². The number of aryl methyl sites for hydroxylation is 1. The van der Waals surface area contributed by atoms with Gasteiger partial charge in [-0.1, -0.05) is 11.6 Å². The summed E-state index contributed by atoms with van der Waals surface area (Å²) in [6.07, 6.45) is 0. The molecule has 2 aromatic carbocycles. The molecule has 0 spiro atoms. The molecule has 0 radical (unpaired) electrons. The van der Waals surface area contributed by atoms with Gasteiger partial charge in [-0.2, -0.15) is 0 Å². The maximum atomic E-state index is 12.4. The van der Waals surface area contributed by atoms with Crippen LogP contribution in [-0.4, -0.2) is 17.9 Å². The van der Waals surface area contributed by atoms with Crippen molar-refractivity contribution in [3.05, 3.63) is 80.8 Å². The molecule has 3 rings (SSSR count). The van der Waals surface area contributed by atoms with E-state index in [0.717, 1.165) is 5.56 Å². The average molecular weight is 417 g/mol. The Morgan fingerprint density at radius 1 is 1.17 bits per heavy atom. The molecule has 150 valence electrons. The maximum Gasteiger partial charge on any atom is 0.291 e. The number of hydrogen-bond acceptors (Lipinski definition) is 6. The second-order valence-corrected chi connectivity index (χ2v) is 6.50. The monoisotopic (exact) mass is 416 g/mol. The molecular weight excluding hydrogens is 400 g/mol. The largest absolute Gasteiger partial charge is 0.494 e. The van der Waals surface area contributed by atoms with E-state index in [1.165, 1.54) is 31.4 Å². The minimum absolute atomic E-state index is 0.0665. The Kier molecular flexibility index (Phi) is 6.04. The highest BCUT2D eigenvalue weighted by Crippen LogP contribution is 2.29. The minimum Gasteiger partial charge on any atom is -0.494 e. The van der Waals surface area contributed by atoms with Crippen LogP contribution in [0.5, 0.6) is 11.5 Å². The molecule has 0 bridgehead atoms. The molecule has 0 unspecified atom stereocenters. The standard InChI is InChI=1S/C20H17ClN2O6/c1-12-9-13(21)3-7-17(12)28-11-15-5-8-18(29-15)20(24)22-16-6-4-14(23(25)26)10-19(16)27-2/h3-10H,11H2,1-2H3,(H,22,24). The van der Waals surface area contributed by atoms with E-state index in [4.69, 9.17) is 25.5 Å². The van der Waals surface area contributed by atoms with Gasteiger partial charge in [0.25, 0.3) is 11.6 Å². The lowest BCUT2D eigenvalue weighted by atomic mass is 10.2. The molecule has 0 atom stereocenters. The number of anilines is 1. The van der Waals surface area contributed by atoms with Crippen molar-refractivity contribution >= 4 is 28.9 Å². The SMILES string of the molecule is COc1cc([N+](=O)[O-])ccc1NC(=O)c1ccc(COc2ccc(Cl)cc2C)o1. The van der Waals surface area contributed by atoms with Gasteiger partial charge in [0.15, 0.2) is 5.76 Å². The van der Waals surface area contributed by atoms with Crippen LogP contribution in [0.1, 0.15) is 21.9 Å². The Labute approximate surface area is 171 Å². The van der Waals surface area contributed by atoms with Crippen LogP contribution < -0.4 is 14.8 Å². The van der Waals surface area contributed by atoms with Gasteiger partial charge in [-0.15, -0.1) is 0 Å². The smallest absolute Gasteiger partial charge is 0.291 e. The van der Waals surface area contributed by atoms with Crippen LogP contribution in [-0.2, 0) is 6.61 Å². The van der Waals surface area contributed by atoms with Gasteiger partial charge in [-0.3, -0.25) is 14.9 Å². The van der Waals surface area contributed by atoms with Crippen molar-refractivity contribution < 1.29 is 23.6 Å². The van der Waals surface area contributed by atoms with E-state index in [-0.39, 0.29) is 29.5 Å². The first-order valence-electron chi connectivity index (χ1n) is 8.49. The van der Waals surface area contributed by atoms with Crippen LogP contribution >= 0.6 is 11.6 Å². The van der Waals surface area contributed by atoms with Crippen LogP contribution in [0, 0.1) is 17.0 Å². The summed E-state index contributed by atoms with van der Waals surface area (Å²) in [4.78, 5) is 22.7. The van der Waals surface area contributed by atoms with Gasteiger partial charge in [0.05, 0.1) is 23.8 Å². The maximum absolute atomic E-state index is 12.4. The lowest BCUT2D eigenvalue weighted by Gasteiger charge is -2.09. The lowest BCUT2D eigenvalue weighted by Crippen LogP contribution is -2.12. The lowest BCUT2D eigenvalue weighted by molar-refractivity contribution is -0.384. The number of amides is 1. The average Bonchev–Trinajstić information content (AvgIpc) is 3.16. The predicted octanol–water partition coefficient (Wildman–Crippen LogP) is 4.99. The number of nitrogens with zero attached hydrogens (tertiary/aromatic N) is 1. The van der Waals surface area contributed by atoms with Crippen LogP contribution in [0.2, 0.25) is 5.02 Å². The molecule has 0 saturated heterocycles. The second-order valence-electron chi connectivity index (χ2n) is 6.06. The minimum atomic E-state index is -0.546. The van der Waals surface area contributed by atoms with Crippen molar-refractivity contribution in [2.45, 2.75) is 13.5 Å². The number of non-ortho nitro benzene ring substituents is 1. The molecule has 0 aliphatic carbocycles. The number of furan rings is 1. The molecular formula is C20H17ClN2O6. The Hall–Kier alpha value is -3.52. The molecule has 9 heteroatoms. The first-order valence-corrected chi connectivity index (χ1v) is 8.86. The van der Waals surface area contributed by atoms with Crippen molar-refractivity contribution in [3.63, 3.8) is 0 Å². The third-order valence-corrected chi connectivity index (χ3v) is 4.27. The molecule has 1 amide bonds. The fourth-order valence-corrected chi connectivity index (χ4v) is 2.81. The van der Waals surface area contributed by atoms with Gasteiger partial charge < -0.3 is 19.2 Å². The highest BCUT2D eigenvalue weighted by molar-refractivity contribution is 6.30. The summed E-state index contributed by atoms with van der Waals surface area (Å²) in [6.45, 7) is 2.01. The summed E-state index contributed by atoms with van der Waals surface area (Å²) in [6, 6.07) is 12.3. The zero-order chi connectivity index (χ0) is 21.0. The number of carbonyl (C=O) groups excluding carboxylic acids is 1. The van der Waals surface area contributed by atoms with Gasteiger partial charge in [-0.05, 0) is 48.9 Å². The van der Waals surface area contributed by atoms with Gasteiger partial charge in [0.1, 0.15) is 23.9 Å². The molecule has 8 nitrogen and oxygen atoms in total. The van der Waals surface area contributed by atoms with Crippen LogP contribution in [0.3, 0.4) is 0 Å². The van der Waals surface area contributed by atoms with E-state index in [0.29, 0.717) is 16.5 Å². The summed E-state index contributed by atoms with van der Waals surface area (Å²) in [7, 11) is 1.36. The number of nitrogens with one attached hydrogen (secondary N) is 1. The number of halogens is 1. The molecule has 1 heterocycles. The van der Waals surface area contributed by atoms with E-state index in [1.807, 2.05) is 6.92 Å². The highest BCUT2D eigenvalue weighted by Gasteiger charge is 2.17. The third-order valence-electron chi connectivity index (χ3n) is 4.04. The van der Waals surface area contributed by atoms with E-state index >= 15 is 0 Å². The highest BCUT2D eigenvalue weighted by atomic mass is 35.5. The summed E-state index contributed by atoms with van der Waals surface area (Å²) in [5, 5.41) is 14.1. The molecule has 0 fully saturated rings. The number of ether oxygens (including phenoxy) is 2. The zero-order valence-corrected chi connectivity index (χ0v) is 16.4. The number of nitro groups is 1. The van der Waals surface area contributed by atoms with Crippen LogP contribution in [0.15, 0.2) is 52.9 Å². The topological polar surface area (TPSA) is 104 Å². The van der Waals surface area contributed by atoms with Crippen molar-refractivity contribution in [3.8, 4) is 11.5 Å². The molecule has 3 aromatic rings. The van der Waals surface area contributed by atoms with Crippen molar-refractivity contribution in [1.29, 1.82) is 0 Å². The zero-order valence-electron chi connectivity index (χ0n) is 15.6. The van der Waals surface area contributed by atoms with E-state index < -0.39 is 10.8 Å². The molecule has 1 aromatic heterocycles. The first-order chi connectivity index (χ1) is 13.9. The first kappa shape index (κ1) is 20.2. The fraction of sp³-hybridized carbons (Fsp3) is 0.150. The second kappa shape index (κ2) is 8.66. The number of hydrogen-bond donors (Lipinski definition) is 1. The number of methoxy groups -OCH3 is 1. The molecule has 0 aliphatic heterocycles. The molecule has 29 heavy (non-hydrogen) atoms. The molecule has 0 aliphatic rings. The van der Waals surface area contributed by atoms with Crippen LogP contribution in [0.25, 0.3) is 0 Å². The normalized spacial score (nSPS) is 10.4. The Morgan fingerprint density at radius 3 is 2.66 bits per heavy atom. The van der Waals surface area contributed by atoms with Gasteiger partial charge in [0.2, 0.25) is 0 Å². The summed E-state index contributed by atoms with van der Waals surface area (Å²) < 4.78 is 16.3. The number of benzene rings is 2. The van der Waals surface area contributed by atoms with Crippen molar-refractivity contribution in [2.24, 2.45) is 0 Å². The quantitative estimate of drug-likeness (QED) is 0.429. The molecule has 1 N–H and O–H groups in total. The van der Waals surface area contributed by atoms with E-state index in [2.05, 4.69) is 5.32 Å². The Balaban J connectivity index is 1.67. The Morgan fingerprint density at radius 2 is 1.97 bits per heavy atom. The third kappa shape index (κ3) is 4.85. The van der Waals surface area contributed by atoms with Crippen molar-refractivity contribution in [1.82, 2.24) is 0 Å². The summed E-state index contributed by atoms with van der Waals surface area (Å²) in [5.74, 6) is 0.830. The number of carbonyl (C=O) groups is 1. The van der Waals surface area contributed by atoms with Crippen LogP contribution in [0.4, 0.5) is 11.4 Å². The van der Waals surface area contributed by atoms with E-state index in [1.54, 1.807) is 24.3 Å². The summed E-state index contributed by atoms with van der Waals surface area (Å²) >= 11 is 5.92. The van der Waals surface area contributed by atoms with Gasteiger partial charge in [-0.25, -0.2) is 0 Å². The predicted molar refractivity (Wildman–Crippen MR) is 107 cm³/mol. The number of rotatable bonds is 7. The number of nitro benzene ring substituents is 1. The molecule has 0 saturated carbocycles. The summed E-state index contributed by atoms with van der Waals surface area (Å²) in [5.41, 5.74) is 1.02. The van der Waals surface area contributed by atoms with Crippen molar-refractivity contribution in [2.75, 3.05) is 12.4 Å². The fourth-order valence-electron chi connectivity index (χ4n) is 2.58.